The molecule has 128 valence electrons. The molecule has 0 aliphatic heterocycles. The van der Waals surface area contributed by atoms with Crippen LogP contribution >= 0.6 is 0 Å². The lowest BCUT2D eigenvalue weighted by Gasteiger charge is -2.21. The number of carbonyl (C=O) groups excluding carboxylic acids is 1. The predicted octanol–water partition coefficient (Wildman–Crippen LogP) is 3.80. The van der Waals surface area contributed by atoms with Gasteiger partial charge in [0.2, 0.25) is 0 Å². The molecule has 4 nitrogen and oxygen atoms in total. The van der Waals surface area contributed by atoms with E-state index in [1.807, 2.05) is 49.5 Å². The van der Waals surface area contributed by atoms with Crippen LogP contribution in [0.15, 0.2) is 66.9 Å². The van der Waals surface area contributed by atoms with Gasteiger partial charge in [0.25, 0.3) is 0 Å². The lowest BCUT2D eigenvalue weighted by molar-refractivity contribution is -0.144. The summed E-state index contributed by atoms with van der Waals surface area (Å²) in [5.41, 5.74) is 3.23. The van der Waals surface area contributed by atoms with Gasteiger partial charge in [-0.05, 0) is 30.2 Å². The van der Waals surface area contributed by atoms with E-state index in [4.69, 9.17) is 4.74 Å². The van der Waals surface area contributed by atoms with Gasteiger partial charge in [-0.15, -0.1) is 0 Å². The highest BCUT2D eigenvalue weighted by Gasteiger charge is 2.13. The van der Waals surface area contributed by atoms with Gasteiger partial charge in [-0.3, -0.25) is 14.7 Å². The Bertz CT molecular complexity index is 833. The highest BCUT2D eigenvalue weighted by molar-refractivity contribution is 5.78. The Morgan fingerprint density at radius 2 is 1.72 bits per heavy atom. The highest BCUT2D eigenvalue weighted by atomic mass is 16.5. The fraction of sp³-hybridized carbons (Fsp3) is 0.238. The first-order valence-electron chi connectivity index (χ1n) is 8.50. The maximum Gasteiger partial charge on any atom is 0.320 e. The molecule has 4 heteroatoms. The van der Waals surface area contributed by atoms with Gasteiger partial charge in [-0.25, -0.2) is 0 Å². The van der Waals surface area contributed by atoms with Gasteiger partial charge >= 0.3 is 5.97 Å². The molecule has 0 N–H and O–H groups in total. The fourth-order valence-electron chi connectivity index (χ4n) is 2.86. The molecule has 3 rings (SSSR count). The summed E-state index contributed by atoms with van der Waals surface area (Å²) < 4.78 is 5.12. The van der Waals surface area contributed by atoms with Crippen molar-refractivity contribution in [1.29, 1.82) is 0 Å². The first-order valence-corrected chi connectivity index (χ1v) is 8.50. The zero-order valence-electron chi connectivity index (χ0n) is 14.4. The van der Waals surface area contributed by atoms with Crippen molar-refractivity contribution in [3.63, 3.8) is 0 Å². The first-order chi connectivity index (χ1) is 12.2. The normalized spacial score (nSPS) is 11.0. The molecule has 0 saturated heterocycles. The summed E-state index contributed by atoms with van der Waals surface area (Å²) >= 11 is 0. The zero-order chi connectivity index (χ0) is 17.5. The Balaban J connectivity index is 1.78. The topological polar surface area (TPSA) is 42.4 Å². The van der Waals surface area contributed by atoms with E-state index in [9.17, 15) is 4.79 Å². The number of para-hydroxylation sites is 1. The van der Waals surface area contributed by atoms with Gasteiger partial charge < -0.3 is 4.74 Å². The van der Waals surface area contributed by atoms with Crippen LogP contribution in [0.4, 0.5) is 0 Å². The third kappa shape index (κ3) is 4.88. The summed E-state index contributed by atoms with van der Waals surface area (Å²) in [7, 11) is 0. The number of benzene rings is 2. The zero-order valence-corrected chi connectivity index (χ0v) is 14.4. The summed E-state index contributed by atoms with van der Waals surface area (Å²) in [6.07, 6.45) is 1.88. The minimum Gasteiger partial charge on any atom is -0.465 e. The number of hydrogen-bond donors (Lipinski definition) is 0. The number of aromatic nitrogens is 1. The van der Waals surface area contributed by atoms with Crippen molar-refractivity contribution in [3.8, 4) is 0 Å². The molecule has 3 aromatic rings. The van der Waals surface area contributed by atoms with Crippen LogP contribution in [0.3, 0.4) is 0 Å². The number of pyridine rings is 1. The van der Waals surface area contributed by atoms with Crippen molar-refractivity contribution in [2.75, 3.05) is 13.2 Å². The minimum atomic E-state index is -0.202. The second-order valence-corrected chi connectivity index (χ2v) is 5.97. The van der Waals surface area contributed by atoms with E-state index in [1.165, 1.54) is 5.56 Å². The smallest absolute Gasteiger partial charge is 0.320 e. The molecular weight excluding hydrogens is 312 g/mol. The molecule has 25 heavy (non-hydrogen) atoms. The summed E-state index contributed by atoms with van der Waals surface area (Å²) in [6, 6.07) is 20.3. The number of fused-ring (bicyclic) bond motifs is 1. The average molecular weight is 334 g/mol. The van der Waals surface area contributed by atoms with Crippen LogP contribution in [-0.4, -0.2) is 29.0 Å². The minimum absolute atomic E-state index is 0.202. The van der Waals surface area contributed by atoms with E-state index in [0.29, 0.717) is 19.7 Å². The Kier molecular flexibility index (Phi) is 5.75. The summed E-state index contributed by atoms with van der Waals surface area (Å²) in [5.74, 6) is -0.202. The molecule has 0 unspecified atom stereocenters. The number of nitrogens with zero attached hydrogens (tertiary/aromatic N) is 2. The SMILES string of the molecule is CCOC(=O)CN(Cc1ccccc1)Cc1cnc2ccccc2c1. The second-order valence-electron chi connectivity index (χ2n) is 5.97. The van der Waals surface area contributed by atoms with E-state index in [2.05, 4.69) is 34.1 Å². The van der Waals surface area contributed by atoms with Gasteiger partial charge in [-0.2, -0.15) is 0 Å². The third-order valence-corrected chi connectivity index (χ3v) is 3.96. The number of rotatable bonds is 7. The van der Waals surface area contributed by atoms with Gasteiger partial charge in [-0.1, -0.05) is 48.5 Å². The highest BCUT2D eigenvalue weighted by Crippen LogP contribution is 2.15. The Morgan fingerprint density at radius 1 is 1.00 bits per heavy atom. The second kappa shape index (κ2) is 8.40. The largest absolute Gasteiger partial charge is 0.465 e. The van der Waals surface area contributed by atoms with Crippen LogP contribution in [0.25, 0.3) is 10.9 Å². The molecule has 0 radical (unpaired) electrons. The number of carbonyl (C=O) groups is 1. The third-order valence-electron chi connectivity index (χ3n) is 3.96. The molecule has 0 spiro atoms. The number of ether oxygens (including phenoxy) is 1. The van der Waals surface area contributed by atoms with Crippen LogP contribution in [0.1, 0.15) is 18.1 Å². The van der Waals surface area contributed by atoms with E-state index in [-0.39, 0.29) is 12.5 Å². The number of hydrogen-bond acceptors (Lipinski definition) is 4. The van der Waals surface area contributed by atoms with E-state index in [0.717, 1.165) is 16.5 Å². The molecule has 0 bridgehead atoms. The van der Waals surface area contributed by atoms with Gasteiger partial charge in [0.1, 0.15) is 0 Å². The predicted molar refractivity (Wildman–Crippen MR) is 98.9 cm³/mol. The molecule has 0 amide bonds. The molecule has 0 aliphatic carbocycles. The van der Waals surface area contributed by atoms with Crippen molar-refractivity contribution < 1.29 is 9.53 Å². The number of esters is 1. The lowest BCUT2D eigenvalue weighted by Crippen LogP contribution is -2.30. The lowest BCUT2D eigenvalue weighted by atomic mass is 10.1. The molecule has 1 heterocycles. The van der Waals surface area contributed by atoms with Gasteiger partial charge in [0.15, 0.2) is 0 Å². The quantitative estimate of drug-likeness (QED) is 0.616. The Labute approximate surface area is 148 Å². The average Bonchev–Trinajstić information content (AvgIpc) is 2.62. The summed E-state index contributed by atoms with van der Waals surface area (Å²) in [4.78, 5) is 18.6. The monoisotopic (exact) mass is 334 g/mol. The van der Waals surface area contributed by atoms with Crippen LogP contribution in [0.2, 0.25) is 0 Å². The van der Waals surface area contributed by atoms with Crippen LogP contribution in [-0.2, 0) is 22.6 Å². The molecular formula is C21H22N2O2. The Hall–Kier alpha value is -2.72. The van der Waals surface area contributed by atoms with Gasteiger partial charge in [0.05, 0.1) is 18.7 Å². The first kappa shape index (κ1) is 17.1. The van der Waals surface area contributed by atoms with Crippen molar-refractivity contribution in [3.05, 3.63) is 78.0 Å². The van der Waals surface area contributed by atoms with Crippen LogP contribution in [0.5, 0.6) is 0 Å². The molecule has 0 saturated carbocycles. The van der Waals surface area contributed by atoms with Crippen molar-refractivity contribution in [2.24, 2.45) is 0 Å². The standard InChI is InChI=1S/C21H22N2O2/c1-2-25-21(24)16-23(14-17-8-4-3-5-9-17)15-18-12-19-10-6-7-11-20(19)22-13-18/h3-13H,2,14-16H2,1H3. The molecule has 2 aromatic carbocycles. The van der Waals surface area contributed by atoms with Crippen molar-refractivity contribution in [2.45, 2.75) is 20.0 Å². The van der Waals surface area contributed by atoms with Gasteiger partial charge in [0, 0.05) is 24.7 Å². The maximum absolute atomic E-state index is 12.0. The van der Waals surface area contributed by atoms with E-state index < -0.39 is 0 Å². The molecule has 1 aromatic heterocycles. The maximum atomic E-state index is 12.0. The summed E-state index contributed by atoms with van der Waals surface area (Å²) in [6.45, 7) is 3.82. The van der Waals surface area contributed by atoms with Crippen molar-refractivity contribution >= 4 is 16.9 Å². The molecule has 0 fully saturated rings. The Morgan fingerprint density at radius 3 is 2.52 bits per heavy atom. The van der Waals surface area contributed by atoms with Crippen molar-refractivity contribution in [1.82, 2.24) is 9.88 Å². The van der Waals surface area contributed by atoms with E-state index >= 15 is 0 Å². The molecule has 0 aliphatic rings. The summed E-state index contributed by atoms with van der Waals surface area (Å²) in [5, 5.41) is 1.11. The van der Waals surface area contributed by atoms with Crippen LogP contribution < -0.4 is 0 Å². The van der Waals surface area contributed by atoms with Crippen LogP contribution in [0, 0.1) is 0 Å². The van der Waals surface area contributed by atoms with E-state index in [1.54, 1.807) is 0 Å². The fourth-order valence-corrected chi connectivity index (χ4v) is 2.86. The molecule has 0 atom stereocenters.